The third-order valence-electron chi connectivity index (χ3n) is 2.81. The highest BCUT2D eigenvalue weighted by Gasteiger charge is 2.44. The van der Waals surface area contributed by atoms with Crippen molar-refractivity contribution in [2.45, 2.75) is 38.5 Å². The first kappa shape index (κ1) is 11.2. The predicted octanol–water partition coefficient (Wildman–Crippen LogP) is 3.91. The largest absolute Gasteiger partial charge is 0.281 e. The molecule has 1 aliphatic rings. The van der Waals surface area contributed by atoms with Gasteiger partial charge in [-0.15, -0.1) is 11.3 Å². The van der Waals surface area contributed by atoms with Crippen molar-refractivity contribution in [2.24, 2.45) is 5.92 Å². The molecule has 1 heterocycles. The Bertz CT molecular complexity index is 389. The van der Waals surface area contributed by atoms with Crippen molar-refractivity contribution in [2.75, 3.05) is 0 Å². The summed E-state index contributed by atoms with van der Waals surface area (Å²) in [5.74, 6) is 0.481. The van der Waals surface area contributed by atoms with Crippen molar-refractivity contribution >= 4 is 28.2 Å². The molecule has 0 amide bonds. The van der Waals surface area contributed by atoms with Crippen molar-refractivity contribution in [3.63, 3.8) is 0 Å². The molecule has 2 atom stereocenters. The van der Waals surface area contributed by atoms with E-state index in [0.717, 1.165) is 6.42 Å². The van der Waals surface area contributed by atoms with Crippen LogP contribution in [-0.4, -0.2) is 5.24 Å². The van der Waals surface area contributed by atoms with Crippen LogP contribution in [0.4, 0.5) is 0 Å². The molecular formula is C12H15ClOS. The molecule has 1 fully saturated rings. The Kier molecular flexibility index (Phi) is 2.68. The molecule has 0 aromatic carbocycles. The Morgan fingerprint density at radius 1 is 1.47 bits per heavy atom. The van der Waals surface area contributed by atoms with Crippen LogP contribution in [-0.2, 0) is 10.2 Å². The van der Waals surface area contributed by atoms with E-state index in [0.29, 0.717) is 5.92 Å². The van der Waals surface area contributed by atoms with E-state index in [4.69, 9.17) is 11.6 Å². The summed E-state index contributed by atoms with van der Waals surface area (Å²) in [6, 6.07) is 4.32. The minimum atomic E-state index is -0.175. The number of hydrogen-bond acceptors (Lipinski definition) is 2. The van der Waals surface area contributed by atoms with Gasteiger partial charge in [0.15, 0.2) is 0 Å². The van der Waals surface area contributed by atoms with E-state index in [-0.39, 0.29) is 16.6 Å². The zero-order chi connectivity index (χ0) is 11.2. The van der Waals surface area contributed by atoms with Gasteiger partial charge in [0.1, 0.15) is 0 Å². The van der Waals surface area contributed by atoms with Gasteiger partial charge in [0.05, 0.1) is 0 Å². The highest BCUT2D eigenvalue weighted by atomic mass is 35.5. The highest BCUT2D eigenvalue weighted by Crippen LogP contribution is 2.51. The van der Waals surface area contributed by atoms with Gasteiger partial charge in [-0.25, -0.2) is 0 Å². The van der Waals surface area contributed by atoms with Crippen molar-refractivity contribution in [3.8, 4) is 0 Å². The molecule has 0 N–H and O–H groups in total. The van der Waals surface area contributed by atoms with E-state index in [1.165, 1.54) is 9.75 Å². The summed E-state index contributed by atoms with van der Waals surface area (Å²) in [5.41, 5.74) is 0.207. The lowest BCUT2D eigenvalue weighted by Gasteiger charge is -2.15. The molecule has 0 radical (unpaired) electrons. The lowest BCUT2D eigenvalue weighted by atomic mass is 9.95. The maximum absolute atomic E-state index is 11.0. The van der Waals surface area contributed by atoms with Crippen LogP contribution < -0.4 is 0 Å². The Morgan fingerprint density at radius 3 is 2.53 bits per heavy atom. The fourth-order valence-electron chi connectivity index (χ4n) is 1.72. The van der Waals surface area contributed by atoms with Crippen LogP contribution in [0.5, 0.6) is 0 Å². The van der Waals surface area contributed by atoms with Crippen molar-refractivity contribution < 1.29 is 4.79 Å². The summed E-state index contributed by atoms with van der Waals surface area (Å²) < 4.78 is 0. The summed E-state index contributed by atoms with van der Waals surface area (Å²) in [6.07, 6.45) is 0.937. The topological polar surface area (TPSA) is 17.1 Å². The van der Waals surface area contributed by atoms with Gasteiger partial charge < -0.3 is 0 Å². The fourth-order valence-corrected chi connectivity index (χ4v) is 3.20. The van der Waals surface area contributed by atoms with Gasteiger partial charge in [0.2, 0.25) is 5.24 Å². The Labute approximate surface area is 99.5 Å². The molecule has 1 aromatic heterocycles. The lowest BCUT2D eigenvalue weighted by Crippen LogP contribution is -2.07. The second-order valence-electron chi connectivity index (χ2n) is 5.20. The molecule has 0 saturated heterocycles. The average molecular weight is 243 g/mol. The highest BCUT2D eigenvalue weighted by molar-refractivity contribution is 7.12. The Hall–Kier alpha value is -0.340. The molecule has 3 heteroatoms. The van der Waals surface area contributed by atoms with E-state index in [2.05, 4.69) is 32.9 Å². The minimum Gasteiger partial charge on any atom is -0.281 e. The maximum atomic E-state index is 11.0. The van der Waals surface area contributed by atoms with E-state index in [9.17, 15) is 4.79 Å². The molecule has 82 valence electrons. The zero-order valence-electron chi connectivity index (χ0n) is 9.21. The molecule has 0 spiro atoms. The summed E-state index contributed by atoms with van der Waals surface area (Å²) in [5, 5.41) is -0.175. The maximum Gasteiger partial charge on any atom is 0.225 e. The first-order valence-electron chi connectivity index (χ1n) is 5.19. The van der Waals surface area contributed by atoms with Crippen LogP contribution in [0, 0.1) is 5.92 Å². The number of hydrogen-bond donors (Lipinski definition) is 0. The predicted molar refractivity (Wildman–Crippen MR) is 64.7 cm³/mol. The van der Waals surface area contributed by atoms with Crippen molar-refractivity contribution in [3.05, 3.63) is 21.9 Å². The number of carbonyl (C=O) groups excluding carboxylic acids is 1. The van der Waals surface area contributed by atoms with Gasteiger partial charge in [-0.2, -0.15) is 0 Å². The number of thiophene rings is 1. The smallest absolute Gasteiger partial charge is 0.225 e. The third-order valence-corrected chi connectivity index (χ3v) is 4.74. The van der Waals surface area contributed by atoms with Gasteiger partial charge >= 0.3 is 0 Å². The standard InChI is InChI=1S/C12H15ClOS/c1-12(2,3)10-5-4-9(15-10)7-6-8(7)11(13)14/h4-5,7-8H,6H2,1-3H3. The van der Waals surface area contributed by atoms with E-state index in [1.807, 2.05) is 11.3 Å². The lowest BCUT2D eigenvalue weighted by molar-refractivity contribution is -0.112. The van der Waals surface area contributed by atoms with Crippen LogP contribution >= 0.6 is 22.9 Å². The quantitative estimate of drug-likeness (QED) is 0.719. The molecule has 1 aliphatic carbocycles. The normalized spacial score (nSPS) is 25.3. The number of carbonyl (C=O) groups is 1. The number of halogens is 1. The van der Waals surface area contributed by atoms with Gasteiger partial charge in [0, 0.05) is 21.6 Å². The van der Waals surface area contributed by atoms with Gasteiger partial charge in [-0.05, 0) is 35.6 Å². The van der Waals surface area contributed by atoms with Crippen LogP contribution in [0.2, 0.25) is 0 Å². The van der Waals surface area contributed by atoms with Gasteiger partial charge in [-0.3, -0.25) is 4.79 Å². The van der Waals surface area contributed by atoms with E-state index < -0.39 is 0 Å². The fraction of sp³-hybridized carbons (Fsp3) is 0.583. The summed E-state index contributed by atoms with van der Waals surface area (Å²) >= 11 is 7.30. The Morgan fingerprint density at radius 2 is 2.13 bits per heavy atom. The Balaban J connectivity index is 2.13. The average Bonchev–Trinajstić information content (AvgIpc) is 2.74. The molecule has 2 rings (SSSR count). The second-order valence-corrected chi connectivity index (χ2v) is 6.69. The summed E-state index contributed by atoms with van der Waals surface area (Å²) in [7, 11) is 0. The van der Waals surface area contributed by atoms with E-state index >= 15 is 0 Å². The SMILES string of the molecule is CC(C)(C)c1ccc(C2CC2C(=O)Cl)s1. The van der Waals surface area contributed by atoms with Crippen LogP contribution in [0.15, 0.2) is 12.1 Å². The van der Waals surface area contributed by atoms with Crippen molar-refractivity contribution in [1.82, 2.24) is 0 Å². The minimum absolute atomic E-state index is 0.0816. The molecule has 0 aliphatic heterocycles. The van der Waals surface area contributed by atoms with Gasteiger partial charge in [0.25, 0.3) is 0 Å². The van der Waals surface area contributed by atoms with E-state index in [1.54, 1.807) is 0 Å². The molecule has 15 heavy (non-hydrogen) atoms. The monoisotopic (exact) mass is 242 g/mol. The molecule has 0 bridgehead atoms. The molecule has 1 aromatic rings. The summed E-state index contributed by atoms with van der Waals surface area (Å²) in [4.78, 5) is 13.7. The first-order valence-corrected chi connectivity index (χ1v) is 6.38. The molecule has 2 unspecified atom stereocenters. The summed E-state index contributed by atoms with van der Waals surface area (Å²) in [6.45, 7) is 6.62. The van der Waals surface area contributed by atoms with Crippen LogP contribution in [0.1, 0.15) is 42.9 Å². The molecule has 1 nitrogen and oxygen atoms in total. The van der Waals surface area contributed by atoms with Crippen LogP contribution in [0.3, 0.4) is 0 Å². The van der Waals surface area contributed by atoms with Crippen molar-refractivity contribution in [1.29, 1.82) is 0 Å². The van der Waals surface area contributed by atoms with Gasteiger partial charge in [-0.1, -0.05) is 20.8 Å². The third kappa shape index (κ3) is 2.26. The molecule has 1 saturated carbocycles. The second kappa shape index (κ2) is 3.60. The molecular weight excluding hydrogens is 228 g/mol. The first-order chi connectivity index (χ1) is 6.89. The van der Waals surface area contributed by atoms with Crippen LogP contribution in [0.25, 0.3) is 0 Å². The number of rotatable bonds is 2. The zero-order valence-corrected chi connectivity index (χ0v) is 10.8.